The van der Waals surface area contributed by atoms with Crippen LogP contribution in [0.25, 0.3) is 0 Å². The van der Waals surface area contributed by atoms with Crippen molar-refractivity contribution in [3.63, 3.8) is 0 Å². The Morgan fingerprint density at radius 2 is 1.02 bits per heavy atom. The first kappa shape index (κ1) is 32.7. The molecule has 2 rings (SSSR count). The van der Waals surface area contributed by atoms with Crippen LogP contribution < -0.4 is 25.0 Å². The second kappa shape index (κ2) is 16.6. The molecule has 13 heteroatoms. The van der Waals surface area contributed by atoms with Gasteiger partial charge in [-0.05, 0) is 42.3 Å². The van der Waals surface area contributed by atoms with Gasteiger partial charge in [-0.1, -0.05) is 12.1 Å². The fraction of sp³-hybridized carbons (Fsp3) is 0.429. The van der Waals surface area contributed by atoms with Crippen molar-refractivity contribution in [3.8, 4) is 11.5 Å². The lowest BCUT2D eigenvalue weighted by Crippen LogP contribution is -2.36. The maximum absolute atomic E-state index is 12.0. The third kappa shape index (κ3) is 10.2. The Labute approximate surface area is 239 Å². The van der Waals surface area contributed by atoms with Crippen LogP contribution in [0.3, 0.4) is 0 Å². The predicted molar refractivity (Wildman–Crippen MR) is 149 cm³/mol. The summed E-state index contributed by atoms with van der Waals surface area (Å²) in [5, 5.41) is 0. The van der Waals surface area contributed by atoms with Crippen LogP contribution in [0.2, 0.25) is 0 Å². The van der Waals surface area contributed by atoms with Crippen molar-refractivity contribution >= 4 is 35.3 Å². The molecule has 0 fully saturated rings. The number of aryl methyl sites for hydroxylation is 1. The lowest BCUT2D eigenvalue weighted by molar-refractivity contribution is -0.141. The number of ether oxygens (including phenoxy) is 6. The molecule has 0 aromatic heterocycles. The van der Waals surface area contributed by atoms with Crippen LogP contribution in [0.15, 0.2) is 36.4 Å². The quantitative estimate of drug-likeness (QED) is 0.173. The van der Waals surface area contributed by atoms with E-state index >= 15 is 0 Å². The van der Waals surface area contributed by atoms with Crippen molar-refractivity contribution in [1.82, 2.24) is 0 Å². The van der Waals surface area contributed by atoms with Crippen LogP contribution in [0.1, 0.15) is 11.1 Å². The molecule has 0 saturated heterocycles. The minimum atomic E-state index is -0.554. The summed E-state index contributed by atoms with van der Waals surface area (Å²) < 4.78 is 31.1. The van der Waals surface area contributed by atoms with E-state index in [9.17, 15) is 19.2 Å². The molecular formula is C28H37N3O10. The van der Waals surface area contributed by atoms with Gasteiger partial charge in [-0.3, -0.25) is 19.2 Å². The Balaban J connectivity index is 2.27. The minimum absolute atomic E-state index is 0.0622. The number of methoxy groups -OCH3 is 4. The summed E-state index contributed by atoms with van der Waals surface area (Å²) in [5.41, 5.74) is 8.41. The molecule has 2 aromatic rings. The maximum Gasteiger partial charge on any atom is 0.325 e. The molecule has 0 saturated carbocycles. The van der Waals surface area contributed by atoms with E-state index in [4.69, 9.17) is 34.2 Å². The number of hydrogen-bond donors (Lipinski definition) is 1. The van der Waals surface area contributed by atoms with Crippen LogP contribution in [0.5, 0.6) is 11.5 Å². The van der Waals surface area contributed by atoms with E-state index in [0.717, 1.165) is 11.1 Å². The molecule has 2 N–H and O–H groups in total. The highest BCUT2D eigenvalue weighted by Crippen LogP contribution is 2.31. The normalized spacial score (nSPS) is 10.3. The molecule has 0 atom stereocenters. The fourth-order valence-electron chi connectivity index (χ4n) is 3.70. The molecule has 0 bridgehead atoms. The van der Waals surface area contributed by atoms with E-state index in [-0.39, 0.29) is 45.9 Å². The van der Waals surface area contributed by atoms with Crippen molar-refractivity contribution in [1.29, 1.82) is 0 Å². The monoisotopic (exact) mass is 575 g/mol. The van der Waals surface area contributed by atoms with Crippen LogP contribution in [-0.4, -0.2) is 91.7 Å². The van der Waals surface area contributed by atoms with Gasteiger partial charge in [0.15, 0.2) is 0 Å². The number of anilines is 2. The van der Waals surface area contributed by atoms with Gasteiger partial charge < -0.3 is 44.0 Å². The molecule has 0 aliphatic carbocycles. The topological polar surface area (TPSA) is 156 Å². The number of esters is 4. The second-order valence-corrected chi connectivity index (χ2v) is 8.69. The molecular weight excluding hydrogens is 538 g/mol. The first-order chi connectivity index (χ1) is 19.6. The zero-order chi connectivity index (χ0) is 30.4. The summed E-state index contributed by atoms with van der Waals surface area (Å²) in [4.78, 5) is 51.1. The van der Waals surface area contributed by atoms with E-state index in [1.807, 2.05) is 13.0 Å². The summed E-state index contributed by atoms with van der Waals surface area (Å²) in [6.07, 6.45) is 0. The lowest BCUT2D eigenvalue weighted by atomic mass is 10.1. The molecule has 41 heavy (non-hydrogen) atoms. The molecule has 13 nitrogen and oxygen atoms in total. The zero-order valence-corrected chi connectivity index (χ0v) is 24.0. The van der Waals surface area contributed by atoms with Crippen molar-refractivity contribution in [3.05, 3.63) is 47.5 Å². The Morgan fingerprint density at radius 1 is 0.634 bits per heavy atom. The van der Waals surface area contributed by atoms with E-state index in [1.54, 1.807) is 30.3 Å². The number of nitrogens with zero attached hydrogens (tertiary/aromatic N) is 2. The molecule has 0 spiro atoms. The zero-order valence-electron chi connectivity index (χ0n) is 24.0. The van der Waals surface area contributed by atoms with Crippen LogP contribution in [-0.2, 0) is 44.7 Å². The Kier molecular flexibility index (Phi) is 13.2. The summed E-state index contributed by atoms with van der Waals surface area (Å²) in [6, 6.07) is 10.5. The highest BCUT2D eigenvalue weighted by molar-refractivity contribution is 5.83. The molecule has 0 aliphatic rings. The number of rotatable bonds is 16. The van der Waals surface area contributed by atoms with Gasteiger partial charge in [0, 0.05) is 6.54 Å². The summed E-state index contributed by atoms with van der Waals surface area (Å²) in [7, 11) is 5.02. The molecule has 0 unspecified atom stereocenters. The summed E-state index contributed by atoms with van der Waals surface area (Å²) in [5.74, 6) is -1.41. The first-order valence-electron chi connectivity index (χ1n) is 12.6. The van der Waals surface area contributed by atoms with Crippen molar-refractivity contribution in [2.45, 2.75) is 13.5 Å². The van der Waals surface area contributed by atoms with Crippen LogP contribution in [0, 0.1) is 6.92 Å². The largest absolute Gasteiger partial charge is 0.488 e. The summed E-state index contributed by atoms with van der Waals surface area (Å²) in [6.45, 7) is 1.41. The highest BCUT2D eigenvalue weighted by atomic mass is 16.5. The standard InChI is InChI=1S/C28H37N3O10/c1-19-6-8-21(30(15-25(32)36-2)16-26(33)37-3)23(12-19)40-10-11-41-24-13-20(14-29)7-9-22(24)31(17-27(34)38-4)18-28(35)39-5/h6-9,12-13H,10-11,14-18,29H2,1-5H3. The summed E-state index contributed by atoms with van der Waals surface area (Å²) >= 11 is 0. The van der Waals surface area contributed by atoms with Gasteiger partial charge in [0.2, 0.25) is 0 Å². The number of hydrogen-bond acceptors (Lipinski definition) is 13. The average molecular weight is 576 g/mol. The number of benzene rings is 2. The third-order valence-corrected chi connectivity index (χ3v) is 5.85. The van der Waals surface area contributed by atoms with Gasteiger partial charge in [0.25, 0.3) is 0 Å². The van der Waals surface area contributed by atoms with Crippen molar-refractivity contribution < 1.29 is 47.6 Å². The lowest BCUT2D eigenvalue weighted by Gasteiger charge is -2.26. The Morgan fingerprint density at radius 3 is 1.41 bits per heavy atom. The first-order valence-corrected chi connectivity index (χ1v) is 12.6. The SMILES string of the molecule is COC(=O)CN(CC(=O)OC)c1ccc(C)cc1OCCOc1cc(CN)ccc1N(CC(=O)OC)CC(=O)OC. The molecule has 224 valence electrons. The van der Waals surface area contributed by atoms with E-state index in [2.05, 4.69) is 0 Å². The van der Waals surface area contributed by atoms with E-state index in [1.165, 1.54) is 38.2 Å². The molecule has 0 heterocycles. The van der Waals surface area contributed by atoms with Gasteiger partial charge in [0.05, 0.1) is 39.8 Å². The van der Waals surface area contributed by atoms with Gasteiger partial charge in [-0.25, -0.2) is 0 Å². The van der Waals surface area contributed by atoms with Gasteiger partial charge in [-0.2, -0.15) is 0 Å². The van der Waals surface area contributed by atoms with E-state index in [0.29, 0.717) is 22.9 Å². The van der Waals surface area contributed by atoms with Crippen LogP contribution in [0.4, 0.5) is 11.4 Å². The Bertz CT molecular complexity index is 1170. The van der Waals surface area contributed by atoms with Crippen molar-refractivity contribution in [2.75, 3.05) is 77.6 Å². The maximum atomic E-state index is 12.0. The van der Waals surface area contributed by atoms with Gasteiger partial charge >= 0.3 is 23.9 Å². The molecule has 0 radical (unpaired) electrons. The average Bonchev–Trinajstić information content (AvgIpc) is 2.98. The molecule has 0 aliphatic heterocycles. The van der Waals surface area contributed by atoms with E-state index < -0.39 is 23.9 Å². The molecule has 2 aromatic carbocycles. The number of nitrogens with two attached hydrogens (primary N) is 1. The second-order valence-electron chi connectivity index (χ2n) is 8.69. The number of carbonyl (C=O) groups is 4. The highest BCUT2D eigenvalue weighted by Gasteiger charge is 2.22. The van der Waals surface area contributed by atoms with Gasteiger partial charge in [0.1, 0.15) is 50.9 Å². The smallest absolute Gasteiger partial charge is 0.325 e. The van der Waals surface area contributed by atoms with Gasteiger partial charge in [-0.15, -0.1) is 0 Å². The van der Waals surface area contributed by atoms with Crippen LogP contribution >= 0.6 is 0 Å². The molecule has 0 amide bonds. The minimum Gasteiger partial charge on any atom is -0.488 e. The third-order valence-electron chi connectivity index (χ3n) is 5.85. The fourth-order valence-corrected chi connectivity index (χ4v) is 3.70. The predicted octanol–water partition coefficient (Wildman–Crippen LogP) is 1.22. The van der Waals surface area contributed by atoms with Crippen molar-refractivity contribution in [2.24, 2.45) is 5.73 Å². The Hall–Kier alpha value is -4.52. The number of carbonyl (C=O) groups excluding carboxylic acids is 4.